The molecule has 0 saturated heterocycles. The molecule has 0 heterocycles. The van der Waals surface area contributed by atoms with Crippen LogP contribution in [0.15, 0.2) is 48.6 Å². The second kappa shape index (κ2) is 7.63. The first kappa shape index (κ1) is 17.7. The molecule has 21 heavy (non-hydrogen) atoms. The molecule has 2 N–H and O–H groups in total. The second-order valence-electron chi connectivity index (χ2n) is 4.91. The minimum absolute atomic E-state index is 0. The maximum atomic E-state index is 12.4. The minimum Gasteiger partial charge on any atom is -0.491 e. The van der Waals surface area contributed by atoms with Crippen molar-refractivity contribution in [3.63, 3.8) is 0 Å². The van der Waals surface area contributed by atoms with Gasteiger partial charge < -0.3 is 14.9 Å². The number of benzene rings is 1. The fraction of sp³-hybridized carbons (Fsp3) is 0.312. The molecule has 5 heteroatoms. The molecule has 0 aromatic heterocycles. The van der Waals surface area contributed by atoms with E-state index in [1.807, 2.05) is 0 Å². The maximum absolute atomic E-state index is 12.4. The number of ether oxygens (including phenoxy) is 1. The SMILES string of the molecule is CC1(O)C=CC=CC1C(=O)c1ccc(OCCO)cc1.[Li]. The number of hydrogen-bond acceptors (Lipinski definition) is 4. The van der Waals surface area contributed by atoms with Crippen molar-refractivity contribution in [2.75, 3.05) is 13.2 Å². The molecule has 0 amide bonds. The number of Topliss-reactive ketones (excluding diaryl/α,β-unsaturated/α-hetero) is 1. The van der Waals surface area contributed by atoms with Crippen molar-refractivity contribution in [2.24, 2.45) is 5.92 Å². The Bertz CT molecular complexity index is 532. The van der Waals surface area contributed by atoms with Gasteiger partial charge >= 0.3 is 0 Å². The summed E-state index contributed by atoms with van der Waals surface area (Å²) in [6, 6.07) is 6.69. The zero-order chi connectivity index (χ0) is 14.6. The number of rotatable bonds is 5. The van der Waals surface area contributed by atoms with Crippen molar-refractivity contribution in [3.05, 3.63) is 54.1 Å². The third kappa shape index (κ3) is 4.32. The summed E-state index contributed by atoms with van der Waals surface area (Å²) < 4.78 is 5.24. The summed E-state index contributed by atoms with van der Waals surface area (Å²) >= 11 is 0. The summed E-state index contributed by atoms with van der Waals surface area (Å²) in [7, 11) is 0. The number of aliphatic hydroxyl groups is 2. The van der Waals surface area contributed by atoms with Crippen molar-refractivity contribution in [3.8, 4) is 5.75 Å². The van der Waals surface area contributed by atoms with E-state index in [4.69, 9.17) is 9.84 Å². The predicted molar refractivity (Wildman–Crippen MR) is 81.5 cm³/mol. The molecule has 2 rings (SSSR count). The average molecular weight is 281 g/mol. The third-order valence-electron chi connectivity index (χ3n) is 3.26. The van der Waals surface area contributed by atoms with Gasteiger partial charge in [-0.15, -0.1) is 0 Å². The molecule has 2 atom stereocenters. The Morgan fingerprint density at radius 3 is 2.52 bits per heavy atom. The Kier molecular flexibility index (Phi) is 6.44. The smallest absolute Gasteiger partial charge is 0.172 e. The Labute approximate surface area is 136 Å². The quantitative estimate of drug-likeness (QED) is 0.631. The fourth-order valence-electron chi connectivity index (χ4n) is 2.14. The molecule has 1 radical (unpaired) electrons. The predicted octanol–water partition coefficient (Wildman–Crippen LogP) is 1.35. The molecule has 1 aliphatic rings. The van der Waals surface area contributed by atoms with E-state index in [1.165, 1.54) is 0 Å². The zero-order valence-corrected chi connectivity index (χ0v) is 12.3. The van der Waals surface area contributed by atoms with Crippen LogP contribution in [0.25, 0.3) is 0 Å². The van der Waals surface area contributed by atoms with Crippen LogP contribution in [0.4, 0.5) is 0 Å². The van der Waals surface area contributed by atoms with Gasteiger partial charge in [0.25, 0.3) is 0 Å². The van der Waals surface area contributed by atoms with E-state index in [2.05, 4.69) is 0 Å². The van der Waals surface area contributed by atoms with E-state index >= 15 is 0 Å². The van der Waals surface area contributed by atoms with Gasteiger partial charge in [0.15, 0.2) is 5.78 Å². The first-order chi connectivity index (χ1) is 9.54. The molecule has 1 aliphatic carbocycles. The van der Waals surface area contributed by atoms with Crippen molar-refractivity contribution in [1.82, 2.24) is 0 Å². The van der Waals surface area contributed by atoms with Crippen LogP contribution < -0.4 is 4.74 Å². The van der Waals surface area contributed by atoms with Crippen LogP contribution in [0.5, 0.6) is 5.75 Å². The number of ketones is 1. The minimum atomic E-state index is -1.17. The summed E-state index contributed by atoms with van der Waals surface area (Å²) in [5.41, 5.74) is -0.649. The molecule has 1 aromatic rings. The van der Waals surface area contributed by atoms with Gasteiger partial charge in [-0.05, 0) is 31.2 Å². The van der Waals surface area contributed by atoms with E-state index in [9.17, 15) is 9.90 Å². The first-order valence-electron chi connectivity index (χ1n) is 6.51. The van der Waals surface area contributed by atoms with Crippen LogP contribution in [-0.2, 0) is 0 Å². The van der Waals surface area contributed by atoms with Gasteiger partial charge in [-0.2, -0.15) is 0 Å². The fourth-order valence-corrected chi connectivity index (χ4v) is 2.14. The summed E-state index contributed by atoms with van der Waals surface area (Å²) in [5, 5.41) is 18.9. The summed E-state index contributed by atoms with van der Waals surface area (Å²) in [4.78, 5) is 12.4. The van der Waals surface area contributed by atoms with E-state index in [0.29, 0.717) is 11.3 Å². The summed E-state index contributed by atoms with van der Waals surface area (Å²) in [6.07, 6.45) is 6.82. The molecule has 1 aromatic carbocycles. The summed E-state index contributed by atoms with van der Waals surface area (Å²) in [6.45, 7) is 1.79. The summed E-state index contributed by atoms with van der Waals surface area (Å²) in [5.74, 6) is -0.123. The molecular formula is C16H18LiO4. The molecule has 0 fully saturated rings. The van der Waals surface area contributed by atoms with Gasteiger partial charge in [0.05, 0.1) is 18.1 Å². The van der Waals surface area contributed by atoms with Crippen molar-refractivity contribution in [1.29, 1.82) is 0 Å². The Balaban J connectivity index is 0.00000220. The standard InChI is InChI=1S/C16H18O4.Li/c1-16(19)9-3-2-4-14(16)15(18)12-5-7-13(8-6-12)20-11-10-17;/h2-9,14,17,19H,10-11H2,1H3;. The van der Waals surface area contributed by atoms with Crippen LogP contribution in [-0.4, -0.2) is 53.7 Å². The number of allylic oxidation sites excluding steroid dienone is 2. The average Bonchev–Trinajstić information content (AvgIpc) is 2.44. The third-order valence-corrected chi connectivity index (χ3v) is 3.26. The van der Waals surface area contributed by atoms with E-state index in [0.717, 1.165) is 0 Å². The van der Waals surface area contributed by atoms with Gasteiger partial charge in [0.1, 0.15) is 12.4 Å². The van der Waals surface area contributed by atoms with Crippen molar-refractivity contribution < 1.29 is 19.7 Å². The Morgan fingerprint density at radius 2 is 1.95 bits per heavy atom. The molecule has 0 saturated carbocycles. The van der Waals surface area contributed by atoms with Crippen LogP contribution in [0.2, 0.25) is 0 Å². The molecule has 107 valence electrons. The first-order valence-corrected chi connectivity index (χ1v) is 6.51. The van der Waals surface area contributed by atoms with E-state index in [-0.39, 0.29) is 37.9 Å². The monoisotopic (exact) mass is 281 g/mol. The van der Waals surface area contributed by atoms with Gasteiger partial charge in [-0.25, -0.2) is 0 Å². The van der Waals surface area contributed by atoms with Gasteiger partial charge in [0.2, 0.25) is 0 Å². The number of aliphatic hydroxyl groups excluding tert-OH is 1. The number of hydrogen-bond donors (Lipinski definition) is 2. The molecule has 2 unspecified atom stereocenters. The molecule has 4 nitrogen and oxygen atoms in total. The number of carbonyl (C=O) groups is 1. The number of carbonyl (C=O) groups excluding carboxylic acids is 1. The molecule has 0 spiro atoms. The van der Waals surface area contributed by atoms with Gasteiger partial charge in [0, 0.05) is 24.4 Å². The Morgan fingerprint density at radius 1 is 1.29 bits per heavy atom. The zero-order valence-electron chi connectivity index (χ0n) is 12.3. The van der Waals surface area contributed by atoms with E-state index < -0.39 is 11.5 Å². The second-order valence-corrected chi connectivity index (χ2v) is 4.91. The van der Waals surface area contributed by atoms with Crippen LogP contribution in [0.3, 0.4) is 0 Å². The van der Waals surface area contributed by atoms with Crippen LogP contribution >= 0.6 is 0 Å². The maximum Gasteiger partial charge on any atom is 0.172 e. The van der Waals surface area contributed by atoms with Crippen LogP contribution in [0.1, 0.15) is 17.3 Å². The topological polar surface area (TPSA) is 66.8 Å². The largest absolute Gasteiger partial charge is 0.491 e. The van der Waals surface area contributed by atoms with E-state index in [1.54, 1.807) is 55.5 Å². The van der Waals surface area contributed by atoms with Gasteiger partial charge in [-0.3, -0.25) is 4.79 Å². The van der Waals surface area contributed by atoms with Gasteiger partial charge in [-0.1, -0.05) is 24.3 Å². The van der Waals surface area contributed by atoms with Crippen molar-refractivity contribution >= 4 is 24.6 Å². The molecular weight excluding hydrogens is 263 g/mol. The van der Waals surface area contributed by atoms with Crippen LogP contribution in [0, 0.1) is 5.92 Å². The molecule has 0 bridgehead atoms. The Hall–Kier alpha value is -1.31. The normalized spacial score (nSPS) is 23.5. The van der Waals surface area contributed by atoms with Crippen molar-refractivity contribution in [2.45, 2.75) is 12.5 Å². The molecule has 0 aliphatic heterocycles.